The number of carbonyl (C=O) groups excluding carboxylic acids is 2. The number of thioether (sulfide) groups is 1. The Morgan fingerprint density at radius 2 is 1.90 bits per heavy atom. The van der Waals surface area contributed by atoms with Gasteiger partial charge >= 0.3 is 5.97 Å². The van der Waals surface area contributed by atoms with Gasteiger partial charge < -0.3 is 9.30 Å². The Morgan fingerprint density at radius 3 is 2.60 bits per heavy atom. The maximum Gasteiger partial charge on any atom is 0.311 e. The second-order valence-corrected chi connectivity index (χ2v) is 9.27. The zero-order chi connectivity index (χ0) is 21.8. The third kappa shape index (κ3) is 5.02. The van der Waals surface area contributed by atoms with Crippen molar-refractivity contribution in [2.75, 3.05) is 12.4 Å². The zero-order valence-corrected chi connectivity index (χ0v) is 19.6. The lowest BCUT2D eigenvalue weighted by molar-refractivity contribution is -0.142. The van der Waals surface area contributed by atoms with E-state index in [0.717, 1.165) is 27.0 Å². The molecule has 3 rings (SSSR count). The van der Waals surface area contributed by atoms with Crippen molar-refractivity contribution in [3.63, 3.8) is 0 Å². The fraction of sp³-hybridized carbons (Fsp3) is 0.348. The number of ketones is 1. The van der Waals surface area contributed by atoms with Gasteiger partial charge in [-0.3, -0.25) is 9.59 Å². The molecule has 0 radical (unpaired) electrons. The Kier molecular flexibility index (Phi) is 7.15. The summed E-state index contributed by atoms with van der Waals surface area (Å²) in [5, 5.41) is 1.84. The van der Waals surface area contributed by atoms with Crippen LogP contribution in [-0.4, -0.2) is 33.7 Å². The highest BCUT2D eigenvalue weighted by Crippen LogP contribution is 2.27. The molecular weight excluding hydrogens is 416 g/mol. The van der Waals surface area contributed by atoms with Gasteiger partial charge in [0.05, 0.1) is 24.5 Å². The van der Waals surface area contributed by atoms with Crippen LogP contribution in [0.15, 0.2) is 34.0 Å². The minimum atomic E-state index is -0.283. The number of rotatable bonds is 8. The van der Waals surface area contributed by atoms with Crippen molar-refractivity contribution < 1.29 is 14.3 Å². The predicted molar refractivity (Wildman–Crippen MR) is 122 cm³/mol. The molecule has 1 aromatic carbocycles. The van der Waals surface area contributed by atoms with Gasteiger partial charge in [-0.1, -0.05) is 17.8 Å². The van der Waals surface area contributed by atoms with Gasteiger partial charge in [-0.25, -0.2) is 4.98 Å². The molecule has 2 aromatic heterocycles. The summed E-state index contributed by atoms with van der Waals surface area (Å²) in [6.07, 6.45) is 0.163. The summed E-state index contributed by atoms with van der Waals surface area (Å²) in [7, 11) is 0. The van der Waals surface area contributed by atoms with Crippen LogP contribution in [0.5, 0.6) is 0 Å². The van der Waals surface area contributed by atoms with Crippen molar-refractivity contribution in [3.05, 3.63) is 63.4 Å². The highest BCUT2D eigenvalue weighted by molar-refractivity contribution is 8.01. The van der Waals surface area contributed by atoms with Crippen molar-refractivity contribution in [3.8, 4) is 5.69 Å². The lowest BCUT2D eigenvalue weighted by Crippen LogP contribution is -2.07. The van der Waals surface area contributed by atoms with E-state index < -0.39 is 0 Å². The molecule has 158 valence electrons. The number of Topliss-reactive ketones (excluding diaryl/α,β-unsaturated/α-hetero) is 1. The second-order valence-electron chi connectivity index (χ2n) is 7.19. The maximum absolute atomic E-state index is 12.9. The fourth-order valence-corrected chi connectivity index (χ4v) is 5.04. The first kappa shape index (κ1) is 22.3. The van der Waals surface area contributed by atoms with Gasteiger partial charge in [0.1, 0.15) is 0 Å². The van der Waals surface area contributed by atoms with Gasteiger partial charge in [0.25, 0.3) is 0 Å². The number of aryl methyl sites for hydroxylation is 3. The molecule has 2 heterocycles. The zero-order valence-electron chi connectivity index (χ0n) is 17.9. The highest BCUT2D eigenvalue weighted by atomic mass is 32.2. The lowest BCUT2D eigenvalue weighted by Gasteiger charge is -2.12. The van der Waals surface area contributed by atoms with E-state index in [0.29, 0.717) is 18.1 Å². The normalized spacial score (nSPS) is 11.0. The van der Waals surface area contributed by atoms with E-state index in [1.807, 2.05) is 25.3 Å². The van der Waals surface area contributed by atoms with Gasteiger partial charge in [-0.05, 0) is 63.9 Å². The molecule has 0 atom stereocenters. The van der Waals surface area contributed by atoms with Crippen LogP contribution in [0.4, 0.5) is 0 Å². The Bertz CT molecular complexity index is 1080. The van der Waals surface area contributed by atoms with E-state index in [-0.39, 0.29) is 18.2 Å². The summed E-state index contributed by atoms with van der Waals surface area (Å²) in [6, 6.07) is 8.31. The van der Waals surface area contributed by atoms with Gasteiger partial charge in [0.15, 0.2) is 10.1 Å². The van der Waals surface area contributed by atoms with E-state index in [9.17, 15) is 9.59 Å². The topological polar surface area (TPSA) is 61.2 Å². The number of aromatic nitrogens is 2. The molecule has 0 amide bonds. The molecule has 0 unspecified atom stereocenters. The van der Waals surface area contributed by atoms with E-state index >= 15 is 0 Å². The van der Waals surface area contributed by atoms with Crippen LogP contribution >= 0.6 is 23.1 Å². The first-order valence-electron chi connectivity index (χ1n) is 9.82. The molecule has 0 aliphatic heterocycles. The first-order valence-corrected chi connectivity index (χ1v) is 11.7. The third-order valence-corrected chi connectivity index (χ3v) is 7.04. The van der Waals surface area contributed by atoms with Gasteiger partial charge in [-0.15, -0.1) is 11.3 Å². The molecular formula is C23H26N2O3S2. The van der Waals surface area contributed by atoms with Crippen LogP contribution in [0, 0.1) is 27.7 Å². The number of esters is 1. The monoisotopic (exact) mass is 442 g/mol. The molecule has 0 aliphatic carbocycles. The van der Waals surface area contributed by atoms with E-state index in [1.54, 1.807) is 6.92 Å². The molecule has 0 saturated heterocycles. The molecule has 0 aliphatic rings. The van der Waals surface area contributed by atoms with Crippen molar-refractivity contribution in [2.24, 2.45) is 0 Å². The van der Waals surface area contributed by atoms with Crippen LogP contribution in [-0.2, 0) is 16.0 Å². The number of benzene rings is 1. The number of ether oxygens (including phenoxy) is 1. The minimum Gasteiger partial charge on any atom is -0.466 e. The van der Waals surface area contributed by atoms with Crippen LogP contribution in [0.1, 0.15) is 45.5 Å². The molecule has 30 heavy (non-hydrogen) atoms. The van der Waals surface area contributed by atoms with Crippen molar-refractivity contribution in [1.82, 2.24) is 9.55 Å². The largest absolute Gasteiger partial charge is 0.466 e. The fourth-order valence-electron chi connectivity index (χ4n) is 3.31. The van der Waals surface area contributed by atoms with Crippen LogP contribution in [0.3, 0.4) is 0 Å². The molecule has 0 N–H and O–H groups in total. The van der Waals surface area contributed by atoms with E-state index in [1.165, 1.54) is 34.2 Å². The number of thiazole rings is 1. The summed E-state index contributed by atoms with van der Waals surface area (Å²) < 4.78 is 7.86. The minimum absolute atomic E-state index is 0.0744. The van der Waals surface area contributed by atoms with E-state index in [4.69, 9.17) is 4.74 Å². The number of nitrogens with zero attached hydrogens (tertiary/aromatic N) is 2. The number of hydrogen-bond donors (Lipinski definition) is 0. The van der Waals surface area contributed by atoms with Gasteiger partial charge in [-0.2, -0.15) is 0 Å². The molecule has 5 nitrogen and oxygen atoms in total. The quantitative estimate of drug-likeness (QED) is 0.271. The molecule has 0 saturated carbocycles. The first-order chi connectivity index (χ1) is 14.3. The summed E-state index contributed by atoms with van der Waals surface area (Å²) in [4.78, 5) is 28.9. The Balaban J connectivity index is 1.70. The average molecular weight is 443 g/mol. The van der Waals surface area contributed by atoms with Crippen LogP contribution in [0.25, 0.3) is 5.69 Å². The summed E-state index contributed by atoms with van der Waals surface area (Å²) in [5.74, 6) is 0.100. The van der Waals surface area contributed by atoms with Crippen LogP contribution < -0.4 is 0 Å². The average Bonchev–Trinajstić information content (AvgIpc) is 3.26. The van der Waals surface area contributed by atoms with Crippen molar-refractivity contribution in [2.45, 2.75) is 45.4 Å². The third-order valence-electron chi connectivity index (χ3n) is 4.97. The summed E-state index contributed by atoms with van der Waals surface area (Å²) in [5.41, 5.74) is 6.95. The second kappa shape index (κ2) is 9.62. The Labute approximate surface area is 185 Å². The Morgan fingerprint density at radius 1 is 1.13 bits per heavy atom. The van der Waals surface area contributed by atoms with Gasteiger partial charge in [0.2, 0.25) is 0 Å². The van der Waals surface area contributed by atoms with Gasteiger partial charge in [0, 0.05) is 28.0 Å². The lowest BCUT2D eigenvalue weighted by atomic mass is 10.1. The number of carbonyl (C=O) groups is 2. The smallest absolute Gasteiger partial charge is 0.311 e. The highest BCUT2D eigenvalue weighted by Gasteiger charge is 2.18. The molecule has 7 heteroatoms. The summed E-state index contributed by atoms with van der Waals surface area (Å²) in [6.45, 7) is 10.3. The molecule has 3 aromatic rings. The molecule has 0 fully saturated rings. The Hall–Kier alpha value is -2.38. The standard InChI is InChI=1S/C23H26N2O3S2/c1-6-28-22(27)11-18-12-29-23(24-18)30-13-21(26)20-10-16(4)25(17(20)5)19-8-7-14(2)15(3)9-19/h7-10,12H,6,11,13H2,1-5H3. The van der Waals surface area contributed by atoms with Crippen molar-refractivity contribution in [1.29, 1.82) is 0 Å². The number of hydrogen-bond acceptors (Lipinski definition) is 6. The molecule has 0 bridgehead atoms. The SMILES string of the molecule is CCOC(=O)Cc1csc(SCC(=O)c2cc(C)n(-c3ccc(C)c(C)c3)c2C)n1. The maximum atomic E-state index is 12.9. The van der Waals surface area contributed by atoms with E-state index in [2.05, 4.69) is 41.6 Å². The summed E-state index contributed by atoms with van der Waals surface area (Å²) >= 11 is 2.85. The predicted octanol–water partition coefficient (Wildman–Crippen LogP) is 5.25. The van der Waals surface area contributed by atoms with Crippen LogP contribution in [0.2, 0.25) is 0 Å². The molecule has 0 spiro atoms. The van der Waals surface area contributed by atoms with Crippen molar-refractivity contribution >= 4 is 34.9 Å².